The minimum absolute atomic E-state index is 0.153. The molecule has 0 bridgehead atoms. The van der Waals surface area contributed by atoms with E-state index in [-0.39, 0.29) is 19.1 Å². The average molecular weight is 338 g/mol. The van der Waals surface area contributed by atoms with E-state index >= 15 is 0 Å². The number of ether oxygens (including phenoxy) is 4. The Kier molecular flexibility index (Phi) is 2.91. The number of nitrogens with zero attached hydrogens (tertiary/aromatic N) is 2. The lowest BCUT2D eigenvalue weighted by atomic mass is 10.0. The lowest BCUT2D eigenvalue weighted by Gasteiger charge is -2.11. The molecular formula is C18H14N2O5. The maximum atomic E-state index is 12.7. The summed E-state index contributed by atoms with van der Waals surface area (Å²) in [5, 5.41) is 5.82. The maximum absolute atomic E-state index is 12.7. The Morgan fingerprint density at radius 2 is 1.56 bits per heavy atom. The number of benzene rings is 2. The zero-order chi connectivity index (χ0) is 17.0. The van der Waals surface area contributed by atoms with E-state index in [1.165, 1.54) is 4.68 Å². The summed E-state index contributed by atoms with van der Waals surface area (Å²) in [4.78, 5) is 12.7. The smallest absolute Gasteiger partial charge is 0.274 e. The predicted molar refractivity (Wildman–Crippen MR) is 89.4 cm³/mol. The summed E-state index contributed by atoms with van der Waals surface area (Å²) >= 11 is 0. The summed E-state index contributed by atoms with van der Waals surface area (Å²) < 4.78 is 23.2. The molecule has 2 aliphatic heterocycles. The summed E-state index contributed by atoms with van der Waals surface area (Å²) in [6, 6.07) is 9.17. The fraction of sp³-hybridized carbons (Fsp3) is 0.222. The van der Waals surface area contributed by atoms with Crippen LogP contribution in [-0.4, -0.2) is 23.4 Å². The van der Waals surface area contributed by atoms with Gasteiger partial charge in [-0.25, -0.2) is 4.68 Å². The summed E-state index contributed by atoms with van der Waals surface area (Å²) in [7, 11) is 0. The Morgan fingerprint density at radius 1 is 0.920 bits per heavy atom. The minimum Gasteiger partial charge on any atom is -0.454 e. The second-order valence-corrected chi connectivity index (χ2v) is 5.79. The van der Waals surface area contributed by atoms with Gasteiger partial charge < -0.3 is 18.9 Å². The molecule has 0 saturated heterocycles. The maximum Gasteiger partial charge on any atom is 0.274 e. The average Bonchev–Trinajstić information content (AvgIpc) is 3.28. The Hall–Kier alpha value is -3.22. The Balaban J connectivity index is 1.82. The van der Waals surface area contributed by atoms with Crippen LogP contribution in [0.1, 0.15) is 6.92 Å². The third kappa shape index (κ3) is 2.05. The number of aryl methyl sites for hydroxylation is 1. The van der Waals surface area contributed by atoms with Crippen LogP contribution in [0.4, 0.5) is 0 Å². The third-order valence-corrected chi connectivity index (χ3v) is 4.40. The molecule has 5 rings (SSSR count). The number of hydrogen-bond acceptors (Lipinski definition) is 6. The van der Waals surface area contributed by atoms with Crippen molar-refractivity contribution in [1.29, 1.82) is 0 Å². The molecule has 2 aromatic carbocycles. The van der Waals surface area contributed by atoms with Gasteiger partial charge in [0.15, 0.2) is 23.0 Å². The highest BCUT2D eigenvalue weighted by Crippen LogP contribution is 2.40. The molecule has 7 heteroatoms. The van der Waals surface area contributed by atoms with Crippen molar-refractivity contribution in [3.8, 4) is 34.3 Å². The Bertz CT molecular complexity index is 1070. The van der Waals surface area contributed by atoms with Crippen molar-refractivity contribution in [2.24, 2.45) is 0 Å². The van der Waals surface area contributed by atoms with Crippen molar-refractivity contribution in [3.05, 3.63) is 40.7 Å². The lowest BCUT2D eigenvalue weighted by molar-refractivity contribution is 0.173. The third-order valence-electron chi connectivity index (χ3n) is 4.40. The van der Waals surface area contributed by atoms with Crippen molar-refractivity contribution >= 4 is 10.8 Å². The van der Waals surface area contributed by atoms with Gasteiger partial charge in [0.05, 0.1) is 11.1 Å². The molecule has 1 aromatic heterocycles. The van der Waals surface area contributed by atoms with Gasteiger partial charge in [-0.1, -0.05) is 0 Å². The minimum atomic E-state index is -0.153. The van der Waals surface area contributed by atoms with E-state index in [4.69, 9.17) is 18.9 Å². The molecule has 0 radical (unpaired) electrons. The second kappa shape index (κ2) is 5.14. The van der Waals surface area contributed by atoms with Gasteiger partial charge in [0.25, 0.3) is 5.56 Å². The number of fused-ring (bicyclic) bond motifs is 3. The van der Waals surface area contributed by atoms with Gasteiger partial charge in [-0.3, -0.25) is 4.79 Å². The van der Waals surface area contributed by atoms with Crippen LogP contribution in [0.5, 0.6) is 23.0 Å². The van der Waals surface area contributed by atoms with E-state index in [2.05, 4.69) is 5.10 Å². The predicted octanol–water partition coefficient (Wildman–Crippen LogP) is 2.54. The van der Waals surface area contributed by atoms with Crippen LogP contribution in [0.3, 0.4) is 0 Å². The van der Waals surface area contributed by atoms with E-state index in [1.807, 2.05) is 31.2 Å². The van der Waals surface area contributed by atoms with Crippen LogP contribution in [0.2, 0.25) is 0 Å². The molecule has 2 aliphatic rings. The normalized spacial score (nSPS) is 14.3. The van der Waals surface area contributed by atoms with Gasteiger partial charge in [0, 0.05) is 17.5 Å². The Labute approximate surface area is 142 Å². The number of aromatic nitrogens is 2. The van der Waals surface area contributed by atoms with Crippen molar-refractivity contribution in [2.75, 3.05) is 13.6 Å². The van der Waals surface area contributed by atoms with E-state index < -0.39 is 0 Å². The molecule has 0 aliphatic carbocycles. The highest BCUT2D eigenvalue weighted by molar-refractivity contribution is 5.96. The van der Waals surface area contributed by atoms with Crippen LogP contribution >= 0.6 is 0 Å². The first-order valence-electron chi connectivity index (χ1n) is 7.99. The van der Waals surface area contributed by atoms with Crippen molar-refractivity contribution in [2.45, 2.75) is 13.5 Å². The second-order valence-electron chi connectivity index (χ2n) is 5.79. The van der Waals surface area contributed by atoms with Gasteiger partial charge in [-0.15, -0.1) is 0 Å². The van der Waals surface area contributed by atoms with Crippen LogP contribution in [0.25, 0.3) is 22.0 Å². The van der Waals surface area contributed by atoms with Crippen LogP contribution < -0.4 is 24.5 Å². The highest BCUT2D eigenvalue weighted by Gasteiger charge is 2.21. The summed E-state index contributed by atoms with van der Waals surface area (Å²) in [6.45, 7) is 2.72. The van der Waals surface area contributed by atoms with Gasteiger partial charge in [-0.2, -0.15) is 5.10 Å². The molecule has 7 nitrogen and oxygen atoms in total. The molecule has 0 atom stereocenters. The SMILES string of the molecule is CCn1nc(-c2ccc3c(c2)OCO3)c2cc3c(cc2c1=O)OCO3. The molecule has 3 aromatic rings. The lowest BCUT2D eigenvalue weighted by Crippen LogP contribution is -2.22. The zero-order valence-corrected chi connectivity index (χ0v) is 13.4. The van der Waals surface area contributed by atoms with E-state index in [9.17, 15) is 4.79 Å². The van der Waals surface area contributed by atoms with E-state index in [0.717, 1.165) is 10.9 Å². The quantitative estimate of drug-likeness (QED) is 0.715. The largest absolute Gasteiger partial charge is 0.454 e. The molecule has 3 heterocycles. The molecule has 0 saturated carbocycles. The fourth-order valence-corrected chi connectivity index (χ4v) is 3.15. The highest BCUT2D eigenvalue weighted by atomic mass is 16.7. The van der Waals surface area contributed by atoms with Crippen LogP contribution in [0.15, 0.2) is 35.1 Å². The molecular weight excluding hydrogens is 324 g/mol. The fourth-order valence-electron chi connectivity index (χ4n) is 3.15. The van der Waals surface area contributed by atoms with Crippen LogP contribution in [-0.2, 0) is 6.54 Å². The van der Waals surface area contributed by atoms with Gasteiger partial charge in [0.2, 0.25) is 13.6 Å². The van der Waals surface area contributed by atoms with Crippen LogP contribution in [0, 0.1) is 0 Å². The first kappa shape index (κ1) is 14.2. The monoisotopic (exact) mass is 338 g/mol. The number of rotatable bonds is 2. The van der Waals surface area contributed by atoms with Crippen molar-refractivity contribution in [1.82, 2.24) is 9.78 Å². The molecule has 0 unspecified atom stereocenters. The standard InChI is InChI=1S/C18H14N2O5/c1-2-20-18(21)12-7-16-15(24-9-25-16)6-11(12)17(19-20)10-3-4-13-14(5-10)23-8-22-13/h3-7H,2,8-9H2,1H3. The van der Waals surface area contributed by atoms with E-state index in [0.29, 0.717) is 40.6 Å². The summed E-state index contributed by atoms with van der Waals surface area (Å²) in [6.07, 6.45) is 0. The van der Waals surface area contributed by atoms with E-state index in [1.54, 1.807) is 6.07 Å². The summed E-state index contributed by atoms with van der Waals surface area (Å²) in [5.41, 5.74) is 1.38. The zero-order valence-electron chi connectivity index (χ0n) is 13.4. The summed E-state index contributed by atoms with van der Waals surface area (Å²) in [5.74, 6) is 2.57. The molecule has 25 heavy (non-hydrogen) atoms. The van der Waals surface area contributed by atoms with Gasteiger partial charge >= 0.3 is 0 Å². The van der Waals surface area contributed by atoms with Crippen molar-refractivity contribution in [3.63, 3.8) is 0 Å². The first-order valence-corrected chi connectivity index (χ1v) is 7.99. The topological polar surface area (TPSA) is 71.8 Å². The molecule has 0 amide bonds. The van der Waals surface area contributed by atoms with Gasteiger partial charge in [-0.05, 0) is 37.3 Å². The molecule has 0 fully saturated rings. The van der Waals surface area contributed by atoms with Gasteiger partial charge in [0.1, 0.15) is 0 Å². The molecule has 0 spiro atoms. The molecule has 126 valence electrons. The first-order chi connectivity index (χ1) is 12.2. The molecule has 0 N–H and O–H groups in total. The Morgan fingerprint density at radius 3 is 2.28 bits per heavy atom. The van der Waals surface area contributed by atoms with Crippen molar-refractivity contribution < 1.29 is 18.9 Å². The number of hydrogen-bond donors (Lipinski definition) is 0.